The number of methoxy groups -OCH3 is 3. The van der Waals surface area contributed by atoms with E-state index in [1.54, 1.807) is 42.7 Å². The van der Waals surface area contributed by atoms with Gasteiger partial charge in [-0.05, 0) is 25.0 Å². The van der Waals surface area contributed by atoms with Crippen molar-refractivity contribution in [1.82, 2.24) is 9.88 Å². The fourth-order valence-electron chi connectivity index (χ4n) is 2.58. The molecule has 1 saturated carbocycles. The van der Waals surface area contributed by atoms with Crippen LogP contribution in [0.1, 0.15) is 38.7 Å². The molecule has 0 unspecified atom stereocenters. The Balaban J connectivity index is 1.83. The quantitative estimate of drug-likeness (QED) is 0.692. The molecule has 0 atom stereocenters. The zero-order valence-electron chi connectivity index (χ0n) is 14.9. The highest BCUT2D eigenvalue weighted by Crippen LogP contribution is 2.32. The van der Waals surface area contributed by atoms with Gasteiger partial charge in [0.15, 0.2) is 5.69 Å². The number of carbonyl (C=O) groups excluding carboxylic acids is 2. The molecule has 1 aliphatic rings. The van der Waals surface area contributed by atoms with Crippen molar-refractivity contribution in [1.29, 1.82) is 0 Å². The number of ether oxygens (including phenoxy) is 3. The first-order valence-electron chi connectivity index (χ1n) is 8.12. The molecule has 1 fully saturated rings. The van der Waals surface area contributed by atoms with Crippen LogP contribution in [0.3, 0.4) is 0 Å². The molecule has 1 aliphatic carbocycles. The Morgan fingerprint density at radius 1 is 1.15 bits per heavy atom. The number of esters is 1. The van der Waals surface area contributed by atoms with Crippen molar-refractivity contribution in [3.8, 4) is 11.5 Å². The third-order valence-electron chi connectivity index (χ3n) is 4.10. The summed E-state index contributed by atoms with van der Waals surface area (Å²) in [7, 11) is 4.41. The van der Waals surface area contributed by atoms with Crippen molar-refractivity contribution in [2.45, 2.75) is 25.4 Å². The summed E-state index contributed by atoms with van der Waals surface area (Å²) in [4.78, 5) is 30.7. The second-order valence-corrected chi connectivity index (χ2v) is 6.83. The number of benzene rings is 1. The molecule has 7 nitrogen and oxygen atoms in total. The number of thiazole rings is 1. The number of rotatable bonds is 7. The molecule has 1 aromatic carbocycles. The molecule has 1 heterocycles. The van der Waals surface area contributed by atoms with Gasteiger partial charge in [-0.2, -0.15) is 0 Å². The number of carbonyl (C=O) groups is 2. The van der Waals surface area contributed by atoms with Crippen LogP contribution < -0.4 is 9.47 Å². The topological polar surface area (TPSA) is 78.0 Å². The minimum atomic E-state index is -0.477. The van der Waals surface area contributed by atoms with E-state index in [1.165, 1.54) is 18.4 Å². The number of aromatic nitrogens is 1. The van der Waals surface area contributed by atoms with E-state index < -0.39 is 5.97 Å². The van der Waals surface area contributed by atoms with Crippen LogP contribution in [0.2, 0.25) is 0 Å². The van der Waals surface area contributed by atoms with E-state index in [2.05, 4.69) is 9.72 Å². The first kappa shape index (κ1) is 18.2. The van der Waals surface area contributed by atoms with E-state index in [0.29, 0.717) is 28.6 Å². The molecule has 0 spiro atoms. The van der Waals surface area contributed by atoms with Gasteiger partial charge in [0.2, 0.25) is 0 Å². The normalized spacial score (nSPS) is 13.2. The van der Waals surface area contributed by atoms with E-state index >= 15 is 0 Å². The average molecular weight is 376 g/mol. The zero-order chi connectivity index (χ0) is 18.7. The second kappa shape index (κ2) is 7.74. The second-order valence-electron chi connectivity index (χ2n) is 5.88. The summed E-state index contributed by atoms with van der Waals surface area (Å²) in [5, 5.41) is 2.34. The zero-order valence-corrected chi connectivity index (χ0v) is 15.7. The largest absolute Gasteiger partial charge is 0.497 e. The predicted molar refractivity (Wildman–Crippen MR) is 95.9 cm³/mol. The summed E-state index contributed by atoms with van der Waals surface area (Å²) in [5.74, 6) is 0.533. The van der Waals surface area contributed by atoms with Crippen LogP contribution in [-0.2, 0) is 11.3 Å². The molecule has 3 rings (SSSR count). The van der Waals surface area contributed by atoms with Gasteiger partial charge in [0, 0.05) is 23.1 Å². The van der Waals surface area contributed by atoms with Crippen LogP contribution in [0.5, 0.6) is 11.5 Å². The molecule has 0 aliphatic heterocycles. The maximum absolute atomic E-state index is 13.1. The lowest BCUT2D eigenvalue weighted by atomic mass is 10.1. The fraction of sp³-hybridized carbons (Fsp3) is 0.389. The molecule has 0 bridgehead atoms. The summed E-state index contributed by atoms with van der Waals surface area (Å²) >= 11 is 1.34. The Hall–Kier alpha value is -2.61. The van der Waals surface area contributed by atoms with E-state index in [0.717, 1.165) is 12.8 Å². The number of nitrogens with zero attached hydrogens (tertiary/aromatic N) is 2. The van der Waals surface area contributed by atoms with Gasteiger partial charge in [0.25, 0.3) is 5.91 Å². The molecular formula is C18H20N2O5S. The molecule has 0 radical (unpaired) electrons. The Bertz CT molecular complexity index is 793. The molecule has 8 heteroatoms. The van der Waals surface area contributed by atoms with E-state index in [4.69, 9.17) is 9.47 Å². The Morgan fingerprint density at radius 2 is 1.81 bits per heavy atom. The van der Waals surface area contributed by atoms with Crippen LogP contribution in [0.15, 0.2) is 23.6 Å². The summed E-state index contributed by atoms with van der Waals surface area (Å²) in [6.07, 6.45) is 1.92. The van der Waals surface area contributed by atoms with Gasteiger partial charge in [0.05, 0.1) is 27.9 Å². The molecule has 1 amide bonds. The van der Waals surface area contributed by atoms with Gasteiger partial charge < -0.3 is 19.1 Å². The van der Waals surface area contributed by atoms with Crippen LogP contribution >= 0.6 is 11.3 Å². The Labute approximate surface area is 155 Å². The highest BCUT2D eigenvalue weighted by Gasteiger charge is 2.34. The number of hydrogen-bond donors (Lipinski definition) is 0. The third-order valence-corrected chi connectivity index (χ3v) is 4.93. The first-order valence-corrected chi connectivity index (χ1v) is 9.00. The number of hydrogen-bond acceptors (Lipinski definition) is 7. The lowest BCUT2D eigenvalue weighted by molar-refractivity contribution is 0.0594. The van der Waals surface area contributed by atoms with Gasteiger partial charge in [-0.3, -0.25) is 4.79 Å². The summed E-state index contributed by atoms with van der Waals surface area (Å²) < 4.78 is 15.2. The lowest BCUT2D eigenvalue weighted by Crippen LogP contribution is -2.32. The lowest BCUT2D eigenvalue weighted by Gasteiger charge is -2.22. The minimum Gasteiger partial charge on any atom is -0.497 e. The van der Waals surface area contributed by atoms with Crippen molar-refractivity contribution in [3.05, 3.63) is 39.8 Å². The highest BCUT2D eigenvalue weighted by molar-refractivity contribution is 7.09. The van der Waals surface area contributed by atoms with Gasteiger partial charge in [-0.1, -0.05) is 0 Å². The average Bonchev–Trinajstić information content (AvgIpc) is 3.42. The highest BCUT2D eigenvalue weighted by atomic mass is 32.1. The van der Waals surface area contributed by atoms with Crippen LogP contribution in [0, 0.1) is 0 Å². The Morgan fingerprint density at radius 3 is 2.35 bits per heavy atom. The predicted octanol–water partition coefficient (Wildman–Crippen LogP) is 2.75. The van der Waals surface area contributed by atoms with Crippen molar-refractivity contribution < 1.29 is 23.8 Å². The van der Waals surface area contributed by atoms with Crippen LogP contribution in [0.25, 0.3) is 0 Å². The molecule has 0 saturated heterocycles. The van der Waals surface area contributed by atoms with Crippen LogP contribution in [0.4, 0.5) is 0 Å². The van der Waals surface area contributed by atoms with Crippen molar-refractivity contribution in [3.63, 3.8) is 0 Å². The van der Waals surface area contributed by atoms with Crippen LogP contribution in [-0.4, -0.2) is 49.1 Å². The molecule has 1 aromatic heterocycles. The molecule has 2 aromatic rings. The smallest absolute Gasteiger partial charge is 0.357 e. The minimum absolute atomic E-state index is 0.112. The summed E-state index contributed by atoms with van der Waals surface area (Å²) in [5.41, 5.74) is 0.761. The number of amides is 1. The van der Waals surface area contributed by atoms with Crippen molar-refractivity contribution in [2.75, 3.05) is 21.3 Å². The SMILES string of the molecule is COC(=O)c1csc(CN(C(=O)c2cc(OC)cc(OC)c2)C2CC2)n1. The van der Waals surface area contributed by atoms with E-state index in [9.17, 15) is 9.59 Å². The molecule has 26 heavy (non-hydrogen) atoms. The maximum atomic E-state index is 13.1. The maximum Gasteiger partial charge on any atom is 0.357 e. The van der Waals surface area contributed by atoms with Gasteiger partial charge in [0.1, 0.15) is 16.5 Å². The fourth-order valence-corrected chi connectivity index (χ4v) is 3.34. The van der Waals surface area contributed by atoms with E-state index in [-0.39, 0.29) is 17.6 Å². The molecular weight excluding hydrogens is 356 g/mol. The van der Waals surface area contributed by atoms with Gasteiger partial charge in [-0.25, -0.2) is 9.78 Å². The van der Waals surface area contributed by atoms with Crippen molar-refractivity contribution in [2.24, 2.45) is 0 Å². The summed E-state index contributed by atoms with van der Waals surface area (Å²) in [6.45, 7) is 0.352. The van der Waals surface area contributed by atoms with E-state index in [1.807, 2.05) is 0 Å². The Kier molecular flexibility index (Phi) is 5.41. The van der Waals surface area contributed by atoms with Gasteiger partial charge >= 0.3 is 5.97 Å². The van der Waals surface area contributed by atoms with Gasteiger partial charge in [-0.15, -0.1) is 11.3 Å². The summed E-state index contributed by atoms with van der Waals surface area (Å²) in [6, 6.07) is 5.30. The molecule has 138 valence electrons. The standard InChI is InChI=1S/C18H20N2O5S/c1-23-13-6-11(7-14(8-13)24-2)17(21)20(12-4-5-12)9-16-19-15(10-26-16)18(22)25-3/h6-8,10,12H,4-5,9H2,1-3H3. The molecule has 0 N–H and O–H groups in total. The van der Waals surface area contributed by atoms with Crippen molar-refractivity contribution >= 4 is 23.2 Å². The first-order chi connectivity index (χ1) is 12.5. The third kappa shape index (κ3) is 3.96. The monoisotopic (exact) mass is 376 g/mol.